The van der Waals surface area contributed by atoms with Gasteiger partial charge in [0.25, 0.3) is 0 Å². The topological polar surface area (TPSA) is 0 Å². The van der Waals surface area contributed by atoms with Gasteiger partial charge < -0.3 is 0 Å². The summed E-state index contributed by atoms with van der Waals surface area (Å²) >= 11 is 5.40. The highest BCUT2D eigenvalue weighted by Gasteiger charge is 1.88. The molecule has 1 aromatic carbocycles. The lowest BCUT2D eigenvalue weighted by Gasteiger charge is -1.91. The summed E-state index contributed by atoms with van der Waals surface area (Å²) in [6.07, 6.45) is 0. The van der Waals surface area contributed by atoms with Crippen LogP contribution in [0.3, 0.4) is 0 Å². The van der Waals surface area contributed by atoms with Crippen LogP contribution in [0, 0.1) is 5.82 Å². The molecule has 48 valence electrons. The van der Waals surface area contributed by atoms with Crippen molar-refractivity contribution in [3.05, 3.63) is 35.6 Å². The molecule has 0 unspecified atom stereocenters. The van der Waals surface area contributed by atoms with Gasteiger partial charge in [-0.15, -0.1) is 11.6 Å². The van der Waals surface area contributed by atoms with Gasteiger partial charge in [0.05, 0.1) is 5.48 Å². The summed E-state index contributed by atoms with van der Waals surface area (Å²) in [6, 6.07) is -2.16. The summed E-state index contributed by atoms with van der Waals surface area (Å²) in [7, 11) is 0. The molecule has 0 bridgehead atoms. The minimum Gasteiger partial charge on any atom is -0.207 e. The lowest BCUT2D eigenvalue weighted by atomic mass is 10.3. The SMILES string of the molecule is [2H]c1c([2H])c([13CH2]Cl)c([2H])c([2H])c1F. The maximum absolute atomic E-state index is 12.9. The lowest BCUT2D eigenvalue weighted by Crippen LogP contribution is -1.76. The molecule has 1 rings (SSSR count). The van der Waals surface area contributed by atoms with E-state index in [4.69, 9.17) is 17.1 Å². The van der Waals surface area contributed by atoms with Gasteiger partial charge in [-0.3, -0.25) is 0 Å². The average molecular weight is 150 g/mol. The molecule has 0 aliphatic carbocycles. The van der Waals surface area contributed by atoms with E-state index >= 15 is 0 Å². The first-order valence-electron chi connectivity index (χ1n) is 4.31. The fraction of sp³-hybridized carbons (Fsp3) is 0.143. The number of halogens is 2. The predicted molar refractivity (Wildman–Crippen MR) is 36.0 cm³/mol. The van der Waals surface area contributed by atoms with Crippen LogP contribution in [-0.4, -0.2) is 0 Å². The minimum atomic E-state index is -1.14. The number of rotatable bonds is 1. The van der Waals surface area contributed by atoms with E-state index in [1.54, 1.807) is 0 Å². The van der Waals surface area contributed by atoms with Gasteiger partial charge in [-0.2, -0.15) is 0 Å². The van der Waals surface area contributed by atoms with Gasteiger partial charge in [0.1, 0.15) is 5.82 Å². The summed E-state index contributed by atoms with van der Waals surface area (Å²) in [5.41, 5.74) is 0.0260. The largest absolute Gasteiger partial charge is 0.207 e. The zero-order valence-electron chi connectivity index (χ0n) is 8.46. The Hall–Kier alpha value is -0.560. The molecule has 0 saturated heterocycles. The van der Waals surface area contributed by atoms with Gasteiger partial charge in [0.2, 0.25) is 0 Å². The highest BCUT2D eigenvalue weighted by Crippen LogP contribution is 2.04. The smallest absolute Gasteiger partial charge is 0.123 e. The second kappa shape index (κ2) is 2.83. The zero-order valence-corrected chi connectivity index (χ0v) is 5.22. The highest BCUT2D eigenvalue weighted by atomic mass is 35.5. The number of alkyl halides is 1. The molecule has 0 atom stereocenters. The second-order valence-corrected chi connectivity index (χ2v) is 1.69. The van der Waals surface area contributed by atoms with Gasteiger partial charge >= 0.3 is 0 Å². The molecular weight excluding hydrogens is 140 g/mol. The molecule has 0 N–H and O–H groups in total. The Morgan fingerprint density at radius 1 is 1.44 bits per heavy atom. The first kappa shape index (κ1) is 3.02. The van der Waals surface area contributed by atoms with Crippen LogP contribution in [0.15, 0.2) is 24.2 Å². The summed E-state index contributed by atoms with van der Waals surface area (Å²) in [4.78, 5) is 0. The van der Waals surface area contributed by atoms with Crippen molar-refractivity contribution >= 4 is 11.6 Å². The summed E-state index contributed by atoms with van der Waals surface area (Å²) in [5, 5.41) is 0. The Morgan fingerprint density at radius 2 is 2.00 bits per heavy atom. The van der Waals surface area contributed by atoms with Crippen LogP contribution in [0.4, 0.5) is 4.39 Å². The summed E-state index contributed by atoms with van der Waals surface area (Å²) in [6.45, 7) is 0. The molecule has 0 aliphatic heterocycles. The third-order valence-electron chi connectivity index (χ3n) is 0.780. The van der Waals surface area contributed by atoms with Gasteiger partial charge in [-0.1, -0.05) is 12.1 Å². The molecule has 0 aromatic heterocycles. The Morgan fingerprint density at radius 3 is 2.44 bits per heavy atom. The Bertz CT molecular complexity index is 324. The third kappa shape index (κ3) is 1.68. The van der Waals surface area contributed by atoms with Crippen molar-refractivity contribution in [1.29, 1.82) is 0 Å². The van der Waals surface area contributed by atoms with Crippen LogP contribution in [0.5, 0.6) is 0 Å². The van der Waals surface area contributed by atoms with Crippen molar-refractivity contribution < 1.29 is 9.87 Å². The van der Waals surface area contributed by atoms with Crippen LogP contribution in [-0.2, 0) is 5.88 Å². The van der Waals surface area contributed by atoms with Gasteiger partial charge in [-0.05, 0) is 17.6 Å². The van der Waals surface area contributed by atoms with E-state index in [0.717, 1.165) is 0 Å². The second-order valence-electron chi connectivity index (χ2n) is 1.43. The zero-order chi connectivity index (χ0) is 10.2. The first-order valence-corrected chi connectivity index (χ1v) is 2.84. The van der Waals surface area contributed by atoms with Crippen molar-refractivity contribution in [3.8, 4) is 0 Å². The van der Waals surface area contributed by atoms with Gasteiger partial charge in [0.15, 0.2) is 0 Å². The molecule has 0 spiro atoms. The van der Waals surface area contributed by atoms with Crippen LogP contribution >= 0.6 is 11.6 Å². The minimum absolute atomic E-state index is 0.0260. The van der Waals surface area contributed by atoms with E-state index in [9.17, 15) is 4.39 Å². The van der Waals surface area contributed by atoms with Crippen LogP contribution in [0.2, 0.25) is 0 Å². The summed E-state index contributed by atoms with van der Waals surface area (Å²) < 4.78 is 41.6. The molecular formula is C7H6ClF. The van der Waals surface area contributed by atoms with E-state index in [1.165, 1.54) is 0 Å². The molecule has 0 nitrogen and oxygen atoms in total. The molecule has 2 heteroatoms. The third-order valence-corrected chi connectivity index (χ3v) is 1.05. The molecule has 0 radical (unpaired) electrons. The fourth-order valence-corrected chi connectivity index (χ4v) is 0.524. The normalized spacial score (nSPS) is 15.8. The standard InChI is InChI=1S/C7H6ClF/c8-5-6-1-3-7(9)4-2-6/h1-4H,5H2/i1D,2D,3D,4D,5+1. The van der Waals surface area contributed by atoms with Crippen LogP contribution < -0.4 is 0 Å². The first-order chi connectivity index (χ1) is 6.00. The fourth-order valence-electron chi connectivity index (χ4n) is 0.390. The van der Waals surface area contributed by atoms with Crippen molar-refractivity contribution in [2.45, 2.75) is 5.88 Å². The molecule has 0 aliphatic rings. The van der Waals surface area contributed by atoms with Crippen molar-refractivity contribution in [2.24, 2.45) is 0 Å². The Balaban J connectivity index is 3.56. The molecule has 9 heavy (non-hydrogen) atoms. The molecule has 0 heterocycles. The lowest BCUT2D eigenvalue weighted by molar-refractivity contribution is 0.627. The summed E-state index contributed by atoms with van der Waals surface area (Å²) in [5.74, 6) is -1.29. The Labute approximate surface area is 63.9 Å². The maximum atomic E-state index is 12.9. The number of hydrogen-bond donors (Lipinski definition) is 0. The quantitative estimate of drug-likeness (QED) is 0.425. The van der Waals surface area contributed by atoms with Gasteiger partial charge in [-0.25, -0.2) is 4.39 Å². The van der Waals surface area contributed by atoms with Crippen LogP contribution in [0.1, 0.15) is 11.0 Å². The van der Waals surface area contributed by atoms with Crippen molar-refractivity contribution in [2.75, 3.05) is 0 Å². The van der Waals surface area contributed by atoms with E-state index in [-0.39, 0.29) is 11.4 Å². The van der Waals surface area contributed by atoms with Gasteiger partial charge in [0, 0.05) is 5.88 Å². The van der Waals surface area contributed by atoms with E-state index in [2.05, 4.69) is 0 Å². The van der Waals surface area contributed by atoms with E-state index in [1.807, 2.05) is 0 Å². The maximum Gasteiger partial charge on any atom is 0.123 e. The van der Waals surface area contributed by atoms with Crippen molar-refractivity contribution in [1.82, 2.24) is 0 Å². The molecule has 0 amide bonds. The highest BCUT2D eigenvalue weighted by molar-refractivity contribution is 6.17. The molecule has 0 saturated carbocycles. The van der Waals surface area contributed by atoms with E-state index in [0.29, 0.717) is 0 Å². The van der Waals surface area contributed by atoms with Crippen molar-refractivity contribution in [3.63, 3.8) is 0 Å². The molecule has 1 aromatic rings. The van der Waals surface area contributed by atoms with Crippen LogP contribution in [0.25, 0.3) is 0 Å². The number of benzene rings is 1. The van der Waals surface area contributed by atoms with E-state index < -0.39 is 30.0 Å². The molecule has 0 fully saturated rings. The predicted octanol–water partition coefficient (Wildman–Crippen LogP) is 2.56. The number of hydrogen-bond acceptors (Lipinski definition) is 0. The Kier molecular flexibility index (Phi) is 0.950. The monoisotopic (exact) mass is 149 g/mol. The average Bonchev–Trinajstić information content (AvgIpc) is 2.13.